The molecule has 0 bridgehead atoms. The Hall–Kier alpha value is -1.61. The van der Waals surface area contributed by atoms with Crippen molar-refractivity contribution in [2.24, 2.45) is 0 Å². The van der Waals surface area contributed by atoms with Gasteiger partial charge in [0.15, 0.2) is 0 Å². The van der Waals surface area contributed by atoms with E-state index in [9.17, 15) is 4.39 Å². The first-order valence-electron chi connectivity index (χ1n) is 5.75. The molecule has 1 unspecified atom stereocenters. The molecular formula is C14H16FNO. The van der Waals surface area contributed by atoms with E-state index in [1.54, 1.807) is 25.3 Å². The Labute approximate surface area is 100 Å². The summed E-state index contributed by atoms with van der Waals surface area (Å²) in [4.78, 5) is 0. The van der Waals surface area contributed by atoms with Crippen LogP contribution in [-0.4, -0.2) is 6.54 Å². The Morgan fingerprint density at radius 1 is 1.35 bits per heavy atom. The molecule has 0 radical (unpaired) electrons. The molecule has 0 aliphatic rings. The van der Waals surface area contributed by atoms with Gasteiger partial charge in [0.2, 0.25) is 0 Å². The number of hydrogen-bond acceptors (Lipinski definition) is 2. The van der Waals surface area contributed by atoms with Gasteiger partial charge in [-0.1, -0.05) is 19.1 Å². The average molecular weight is 233 g/mol. The molecule has 2 nitrogen and oxygen atoms in total. The molecule has 1 N–H and O–H groups in total. The van der Waals surface area contributed by atoms with Gasteiger partial charge in [-0.15, -0.1) is 0 Å². The fourth-order valence-corrected chi connectivity index (χ4v) is 1.83. The van der Waals surface area contributed by atoms with Crippen molar-refractivity contribution in [1.29, 1.82) is 0 Å². The normalized spacial score (nSPS) is 12.6. The second-order valence-electron chi connectivity index (χ2n) is 4.01. The van der Waals surface area contributed by atoms with Gasteiger partial charge in [-0.2, -0.15) is 0 Å². The average Bonchev–Trinajstić information content (AvgIpc) is 2.83. The number of benzene rings is 1. The predicted octanol–water partition coefficient (Wildman–Crippen LogP) is 3.43. The fourth-order valence-electron chi connectivity index (χ4n) is 1.83. The second-order valence-corrected chi connectivity index (χ2v) is 4.01. The lowest BCUT2D eigenvalue weighted by atomic mass is 10.0. The molecule has 0 fully saturated rings. The molecule has 1 atom stereocenters. The van der Waals surface area contributed by atoms with Crippen LogP contribution in [0.2, 0.25) is 0 Å². The monoisotopic (exact) mass is 233 g/mol. The molecule has 0 spiro atoms. The minimum absolute atomic E-state index is 0.0925. The zero-order chi connectivity index (χ0) is 12.3. The van der Waals surface area contributed by atoms with Crippen molar-refractivity contribution in [2.45, 2.75) is 19.9 Å². The highest BCUT2D eigenvalue weighted by Gasteiger charge is 2.16. The van der Waals surface area contributed by atoms with Gasteiger partial charge >= 0.3 is 0 Å². The van der Waals surface area contributed by atoms with Crippen LogP contribution >= 0.6 is 0 Å². The van der Waals surface area contributed by atoms with Crippen LogP contribution in [0.4, 0.5) is 4.39 Å². The molecule has 2 aromatic rings. The van der Waals surface area contributed by atoms with Gasteiger partial charge in [0.1, 0.15) is 11.6 Å². The number of nitrogens with one attached hydrogen (secondary N) is 1. The van der Waals surface area contributed by atoms with Gasteiger partial charge in [-0.25, -0.2) is 4.39 Å². The van der Waals surface area contributed by atoms with E-state index in [-0.39, 0.29) is 11.9 Å². The molecule has 17 heavy (non-hydrogen) atoms. The summed E-state index contributed by atoms with van der Waals surface area (Å²) in [5.74, 6) is 0.618. The van der Waals surface area contributed by atoms with Crippen molar-refractivity contribution in [3.05, 3.63) is 59.3 Å². The van der Waals surface area contributed by atoms with Crippen LogP contribution in [0.5, 0.6) is 0 Å². The van der Waals surface area contributed by atoms with Gasteiger partial charge in [0.05, 0.1) is 12.3 Å². The second kappa shape index (κ2) is 5.15. The van der Waals surface area contributed by atoms with E-state index in [2.05, 4.69) is 5.32 Å². The molecule has 90 valence electrons. The number of hydrogen-bond donors (Lipinski definition) is 1. The molecular weight excluding hydrogens is 217 g/mol. The molecule has 0 saturated heterocycles. The van der Waals surface area contributed by atoms with Gasteiger partial charge in [-0.3, -0.25) is 0 Å². The fraction of sp³-hybridized carbons (Fsp3) is 0.286. The molecule has 1 aromatic heterocycles. The summed E-state index contributed by atoms with van der Waals surface area (Å²) in [7, 11) is 0. The van der Waals surface area contributed by atoms with Gasteiger partial charge in [0.25, 0.3) is 0 Å². The standard InChI is InChI=1S/C14H16FNO/c1-3-16-14(13-5-4-8-17-13)11-7-6-10(2)12(15)9-11/h4-9,14,16H,3H2,1-2H3. The highest BCUT2D eigenvalue weighted by atomic mass is 19.1. The maximum atomic E-state index is 13.6. The van der Waals surface area contributed by atoms with Crippen molar-refractivity contribution in [3.8, 4) is 0 Å². The summed E-state index contributed by atoms with van der Waals surface area (Å²) in [6.45, 7) is 4.57. The first-order valence-corrected chi connectivity index (χ1v) is 5.75. The first kappa shape index (κ1) is 11.9. The van der Waals surface area contributed by atoms with Crippen molar-refractivity contribution >= 4 is 0 Å². The van der Waals surface area contributed by atoms with E-state index < -0.39 is 0 Å². The topological polar surface area (TPSA) is 25.2 Å². The summed E-state index contributed by atoms with van der Waals surface area (Å²) >= 11 is 0. The lowest BCUT2D eigenvalue weighted by molar-refractivity contribution is 0.451. The molecule has 1 heterocycles. The van der Waals surface area contributed by atoms with Crippen molar-refractivity contribution in [2.75, 3.05) is 6.54 Å². The third-order valence-corrected chi connectivity index (χ3v) is 2.77. The van der Waals surface area contributed by atoms with Crippen LogP contribution < -0.4 is 5.32 Å². The Morgan fingerprint density at radius 2 is 2.18 bits per heavy atom. The largest absolute Gasteiger partial charge is 0.467 e. The number of rotatable bonds is 4. The summed E-state index contributed by atoms with van der Waals surface area (Å²) < 4.78 is 19.0. The van der Waals surface area contributed by atoms with Crippen molar-refractivity contribution in [1.82, 2.24) is 5.32 Å². The molecule has 0 saturated carbocycles. The van der Waals surface area contributed by atoms with Crippen LogP contribution in [0.1, 0.15) is 29.9 Å². The van der Waals surface area contributed by atoms with E-state index in [1.165, 1.54) is 0 Å². The lowest BCUT2D eigenvalue weighted by Crippen LogP contribution is -2.21. The lowest BCUT2D eigenvalue weighted by Gasteiger charge is -2.16. The van der Waals surface area contributed by atoms with Gasteiger partial charge in [-0.05, 0) is 42.8 Å². The zero-order valence-electron chi connectivity index (χ0n) is 10.0. The van der Waals surface area contributed by atoms with Crippen molar-refractivity contribution < 1.29 is 8.81 Å². The Kier molecular flexibility index (Phi) is 3.59. The molecule has 1 aromatic carbocycles. The van der Waals surface area contributed by atoms with E-state index in [0.29, 0.717) is 5.56 Å². The highest BCUT2D eigenvalue weighted by molar-refractivity contribution is 5.30. The predicted molar refractivity (Wildman–Crippen MR) is 65.4 cm³/mol. The summed E-state index contributed by atoms with van der Waals surface area (Å²) in [6, 6.07) is 8.91. The Balaban J connectivity index is 2.35. The van der Waals surface area contributed by atoms with Gasteiger partial charge in [0, 0.05) is 0 Å². The third kappa shape index (κ3) is 2.56. The summed E-state index contributed by atoms with van der Waals surface area (Å²) in [5, 5.41) is 3.29. The van der Waals surface area contributed by atoms with Gasteiger partial charge < -0.3 is 9.73 Å². The summed E-state index contributed by atoms with van der Waals surface area (Å²) in [6.07, 6.45) is 1.63. The van der Waals surface area contributed by atoms with Crippen LogP contribution in [0, 0.1) is 12.7 Å². The smallest absolute Gasteiger partial charge is 0.126 e. The minimum Gasteiger partial charge on any atom is -0.467 e. The molecule has 0 aliphatic heterocycles. The molecule has 0 aliphatic carbocycles. The number of halogens is 1. The first-order chi connectivity index (χ1) is 8.22. The maximum Gasteiger partial charge on any atom is 0.126 e. The Bertz CT molecular complexity index is 479. The molecule has 2 rings (SSSR count). The van der Waals surface area contributed by atoms with Crippen LogP contribution in [0.3, 0.4) is 0 Å². The zero-order valence-corrected chi connectivity index (χ0v) is 10.0. The quantitative estimate of drug-likeness (QED) is 0.875. The summed E-state index contributed by atoms with van der Waals surface area (Å²) in [5.41, 5.74) is 1.54. The van der Waals surface area contributed by atoms with Crippen LogP contribution in [0.15, 0.2) is 41.0 Å². The van der Waals surface area contributed by atoms with E-state index in [0.717, 1.165) is 17.9 Å². The van der Waals surface area contributed by atoms with E-state index in [4.69, 9.17) is 4.42 Å². The third-order valence-electron chi connectivity index (χ3n) is 2.77. The van der Waals surface area contributed by atoms with E-state index in [1.807, 2.05) is 25.1 Å². The number of furan rings is 1. The maximum absolute atomic E-state index is 13.6. The Morgan fingerprint density at radius 3 is 2.76 bits per heavy atom. The SMILES string of the molecule is CCNC(c1ccc(C)c(F)c1)c1ccco1. The van der Waals surface area contributed by atoms with Crippen molar-refractivity contribution in [3.63, 3.8) is 0 Å². The number of aryl methyl sites for hydroxylation is 1. The minimum atomic E-state index is -0.183. The highest BCUT2D eigenvalue weighted by Crippen LogP contribution is 2.23. The van der Waals surface area contributed by atoms with Crippen LogP contribution in [0.25, 0.3) is 0 Å². The van der Waals surface area contributed by atoms with E-state index >= 15 is 0 Å². The molecule has 3 heteroatoms. The van der Waals surface area contributed by atoms with Crippen LogP contribution in [-0.2, 0) is 0 Å². The molecule has 0 amide bonds.